The third-order valence-electron chi connectivity index (χ3n) is 0.129. The van der Waals surface area contributed by atoms with Crippen LogP contribution in [-0.2, 0) is 4.18 Å². The quantitative estimate of drug-likeness (QED) is 0.361. The first kappa shape index (κ1) is 4.31. The Morgan fingerprint density at radius 3 is 2.25 bits per heavy atom. The van der Waals surface area contributed by atoms with Crippen LogP contribution in [-0.4, -0.2) is 6.61 Å². The average Bonchev–Trinajstić information content (AvgIpc) is 1.37. The Morgan fingerprint density at radius 2 is 2.25 bits per heavy atom. The fraction of sp³-hybridized carbons (Fsp3) is 1.00. The van der Waals surface area contributed by atoms with E-state index >= 15 is 0 Å². The molecule has 4 heavy (non-hydrogen) atoms. The summed E-state index contributed by atoms with van der Waals surface area (Å²) in [5.74, 6) is 0. The molecule has 0 fully saturated rings. The maximum atomic E-state index is 4.24. The van der Waals surface area contributed by atoms with E-state index in [9.17, 15) is 0 Å². The van der Waals surface area contributed by atoms with Gasteiger partial charge in [-0.2, -0.15) is 0 Å². The van der Waals surface area contributed by atoms with Crippen LogP contribution < -0.4 is 0 Å². The molecular weight excluding hydrogens is 72.1 g/mol. The second-order valence-electron chi connectivity index (χ2n) is 0.418. The molecular formula is C2H6OS. The molecule has 0 bridgehead atoms. The van der Waals surface area contributed by atoms with Crippen LogP contribution in [0, 0.1) is 0 Å². The highest BCUT2D eigenvalue weighted by atomic mass is 32.1. The highest BCUT2D eigenvalue weighted by Gasteiger charge is 1.53. The summed E-state index contributed by atoms with van der Waals surface area (Å²) in [5, 5.41) is 0. The van der Waals surface area contributed by atoms with Crippen LogP contribution in [0.2, 0.25) is 0 Å². The van der Waals surface area contributed by atoms with Crippen molar-refractivity contribution in [3.63, 3.8) is 0 Å². The number of hydrogen-bond donors (Lipinski definition) is 1. The number of thiol groups is 1. The molecule has 0 aromatic heterocycles. The Hall–Kier alpha value is 0.310. The molecule has 0 atom stereocenters. The summed E-state index contributed by atoms with van der Waals surface area (Å²) < 4.78 is 4.24. The molecule has 0 aliphatic carbocycles. The molecule has 0 saturated heterocycles. The fourth-order valence-corrected chi connectivity index (χ4v) is 0. The largest absolute Gasteiger partial charge is 0.319 e. The number of hydrogen-bond acceptors (Lipinski definition) is 2. The van der Waals surface area contributed by atoms with Gasteiger partial charge in [-0.25, -0.2) is 0 Å². The standard InChI is InChI=1S/C2H6OS/c1-2-3-4/h4H,2H2,1H3. The molecule has 0 aromatic rings. The highest BCUT2D eigenvalue weighted by molar-refractivity contribution is 7.75. The average molecular weight is 78.1 g/mol. The van der Waals surface area contributed by atoms with Gasteiger partial charge in [0.1, 0.15) is 0 Å². The maximum Gasteiger partial charge on any atom is 0.0582 e. The van der Waals surface area contributed by atoms with Gasteiger partial charge in [-0.05, 0) is 19.8 Å². The first-order valence-electron chi connectivity index (χ1n) is 1.18. The first-order valence-corrected chi connectivity index (χ1v) is 1.54. The second kappa shape index (κ2) is 3.31. The molecule has 26 valence electrons. The molecule has 0 heterocycles. The van der Waals surface area contributed by atoms with E-state index < -0.39 is 0 Å². The van der Waals surface area contributed by atoms with Gasteiger partial charge in [-0.15, -0.1) is 0 Å². The molecule has 2 heteroatoms. The lowest BCUT2D eigenvalue weighted by Crippen LogP contribution is -1.64. The Bertz CT molecular complexity index is 8.00. The Morgan fingerprint density at radius 1 is 2.00 bits per heavy atom. The van der Waals surface area contributed by atoms with Crippen molar-refractivity contribution in [2.24, 2.45) is 0 Å². The van der Waals surface area contributed by atoms with Crippen LogP contribution in [0.5, 0.6) is 0 Å². The van der Waals surface area contributed by atoms with Crippen LogP contribution in [0.3, 0.4) is 0 Å². The molecule has 0 spiro atoms. The van der Waals surface area contributed by atoms with Crippen LogP contribution in [0.15, 0.2) is 0 Å². The molecule has 0 rings (SSSR count). The monoisotopic (exact) mass is 78.0 g/mol. The molecule has 0 N–H and O–H groups in total. The molecule has 0 aromatic carbocycles. The van der Waals surface area contributed by atoms with Crippen molar-refractivity contribution in [3.8, 4) is 0 Å². The van der Waals surface area contributed by atoms with Gasteiger partial charge >= 0.3 is 0 Å². The molecule has 0 saturated carbocycles. The van der Waals surface area contributed by atoms with Gasteiger partial charge in [0.05, 0.1) is 6.61 Å². The third kappa shape index (κ3) is 2.31. The predicted molar refractivity (Wildman–Crippen MR) is 20.6 cm³/mol. The summed E-state index contributed by atoms with van der Waals surface area (Å²) in [7, 11) is 0. The van der Waals surface area contributed by atoms with Crippen LogP contribution in [0.25, 0.3) is 0 Å². The minimum atomic E-state index is 0.684. The lowest BCUT2D eigenvalue weighted by molar-refractivity contribution is 0.410. The molecule has 0 amide bonds. The van der Waals surface area contributed by atoms with Gasteiger partial charge in [-0.1, -0.05) is 0 Å². The van der Waals surface area contributed by atoms with E-state index in [1.54, 1.807) is 0 Å². The Kier molecular flexibility index (Phi) is 3.57. The Labute approximate surface area is 31.6 Å². The fourth-order valence-electron chi connectivity index (χ4n) is 0. The predicted octanol–water partition coefficient (Wildman–Crippen LogP) is 0.868. The minimum Gasteiger partial charge on any atom is -0.319 e. The van der Waals surface area contributed by atoms with Crippen molar-refractivity contribution < 1.29 is 4.18 Å². The summed E-state index contributed by atoms with van der Waals surface area (Å²) in [6.45, 7) is 2.57. The zero-order chi connectivity index (χ0) is 3.41. The smallest absolute Gasteiger partial charge is 0.0582 e. The zero-order valence-electron chi connectivity index (χ0n) is 2.56. The summed E-state index contributed by atoms with van der Waals surface area (Å²) in [5.41, 5.74) is 0. The topological polar surface area (TPSA) is 9.23 Å². The van der Waals surface area contributed by atoms with E-state index in [1.807, 2.05) is 6.92 Å². The van der Waals surface area contributed by atoms with Crippen LogP contribution >= 0.6 is 12.9 Å². The van der Waals surface area contributed by atoms with Crippen molar-refractivity contribution in [1.29, 1.82) is 0 Å². The van der Waals surface area contributed by atoms with Gasteiger partial charge in [0.15, 0.2) is 0 Å². The summed E-state index contributed by atoms with van der Waals surface area (Å²) in [4.78, 5) is 0. The van der Waals surface area contributed by atoms with Gasteiger partial charge in [0, 0.05) is 0 Å². The molecule has 0 radical (unpaired) electrons. The van der Waals surface area contributed by atoms with Crippen molar-refractivity contribution in [1.82, 2.24) is 0 Å². The van der Waals surface area contributed by atoms with Gasteiger partial charge in [0.2, 0.25) is 0 Å². The highest BCUT2D eigenvalue weighted by Crippen LogP contribution is 1.69. The lowest BCUT2D eigenvalue weighted by Gasteiger charge is -1.73. The van der Waals surface area contributed by atoms with Gasteiger partial charge in [-0.3, -0.25) is 0 Å². The summed E-state index contributed by atoms with van der Waals surface area (Å²) in [6.07, 6.45) is 0. The van der Waals surface area contributed by atoms with Gasteiger partial charge < -0.3 is 4.18 Å². The maximum absolute atomic E-state index is 4.24. The normalized spacial score (nSPS) is 7.50. The lowest BCUT2D eigenvalue weighted by atomic mass is 10.9. The first-order chi connectivity index (χ1) is 1.91. The van der Waals surface area contributed by atoms with Crippen molar-refractivity contribution >= 4 is 12.9 Å². The number of rotatable bonds is 1. The van der Waals surface area contributed by atoms with E-state index in [1.165, 1.54) is 0 Å². The van der Waals surface area contributed by atoms with E-state index in [2.05, 4.69) is 17.1 Å². The van der Waals surface area contributed by atoms with Crippen molar-refractivity contribution in [2.75, 3.05) is 6.61 Å². The van der Waals surface area contributed by atoms with E-state index in [0.29, 0.717) is 6.61 Å². The van der Waals surface area contributed by atoms with Crippen LogP contribution in [0.4, 0.5) is 0 Å². The van der Waals surface area contributed by atoms with Gasteiger partial charge in [0.25, 0.3) is 0 Å². The van der Waals surface area contributed by atoms with Crippen molar-refractivity contribution in [2.45, 2.75) is 6.92 Å². The minimum absolute atomic E-state index is 0.684. The summed E-state index contributed by atoms with van der Waals surface area (Å²) >= 11 is 3.42. The third-order valence-corrected chi connectivity index (χ3v) is 0.387. The molecule has 0 aliphatic rings. The Balaban J connectivity index is 1.97. The zero-order valence-corrected chi connectivity index (χ0v) is 3.46. The van der Waals surface area contributed by atoms with Crippen molar-refractivity contribution in [3.05, 3.63) is 0 Å². The summed E-state index contributed by atoms with van der Waals surface area (Å²) in [6, 6.07) is 0. The molecule has 0 unspecified atom stereocenters. The van der Waals surface area contributed by atoms with Crippen LogP contribution in [0.1, 0.15) is 6.92 Å². The van der Waals surface area contributed by atoms with E-state index in [4.69, 9.17) is 0 Å². The SMILES string of the molecule is CCOS. The molecule has 0 aliphatic heterocycles. The second-order valence-corrected chi connectivity index (χ2v) is 0.676. The van der Waals surface area contributed by atoms with E-state index in [-0.39, 0.29) is 0 Å². The van der Waals surface area contributed by atoms with E-state index in [0.717, 1.165) is 0 Å². The molecule has 1 nitrogen and oxygen atoms in total.